The lowest BCUT2D eigenvalue weighted by Crippen LogP contribution is -2.29. The molecule has 3 aromatic rings. The SMILES string of the molecule is Oc1ccccc1CC1CNCc2[nH]c3ccccc3c21. The summed E-state index contributed by atoms with van der Waals surface area (Å²) in [4.78, 5) is 3.52. The molecule has 1 atom stereocenters. The number of aromatic nitrogens is 1. The first kappa shape index (κ1) is 12.5. The maximum Gasteiger partial charge on any atom is 0.118 e. The van der Waals surface area contributed by atoms with E-state index in [0.29, 0.717) is 11.7 Å². The number of benzene rings is 2. The van der Waals surface area contributed by atoms with Crippen LogP contribution in [0.1, 0.15) is 22.7 Å². The number of nitrogens with one attached hydrogen (secondary N) is 2. The summed E-state index contributed by atoms with van der Waals surface area (Å²) in [5, 5.41) is 14.8. The molecular weight excluding hydrogens is 260 g/mol. The fourth-order valence-corrected chi connectivity index (χ4v) is 3.42. The number of phenolic OH excluding ortho intramolecular Hbond substituents is 1. The van der Waals surface area contributed by atoms with Crippen LogP contribution in [-0.2, 0) is 13.0 Å². The number of para-hydroxylation sites is 2. The largest absolute Gasteiger partial charge is 0.508 e. The number of H-pyrrole nitrogens is 1. The second-order valence-corrected chi connectivity index (χ2v) is 5.72. The second kappa shape index (κ2) is 4.93. The third kappa shape index (κ3) is 2.10. The molecule has 106 valence electrons. The zero-order chi connectivity index (χ0) is 14.2. The van der Waals surface area contributed by atoms with Crippen LogP contribution in [-0.4, -0.2) is 16.6 Å². The first-order valence-corrected chi connectivity index (χ1v) is 7.40. The van der Waals surface area contributed by atoms with Crippen molar-refractivity contribution in [2.75, 3.05) is 6.54 Å². The van der Waals surface area contributed by atoms with Gasteiger partial charge in [-0.3, -0.25) is 0 Å². The average Bonchev–Trinajstić information content (AvgIpc) is 2.89. The molecule has 0 spiro atoms. The van der Waals surface area contributed by atoms with Gasteiger partial charge in [0.1, 0.15) is 5.75 Å². The third-order valence-electron chi connectivity index (χ3n) is 4.39. The van der Waals surface area contributed by atoms with Crippen LogP contribution in [0, 0.1) is 0 Å². The highest BCUT2D eigenvalue weighted by atomic mass is 16.3. The van der Waals surface area contributed by atoms with Gasteiger partial charge >= 0.3 is 0 Å². The summed E-state index contributed by atoms with van der Waals surface area (Å²) in [5.74, 6) is 0.780. The molecular formula is C18H18N2O. The summed E-state index contributed by atoms with van der Waals surface area (Å²) in [5.41, 5.74) is 4.91. The summed E-state index contributed by atoms with van der Waals surface area (Å²) in [6, 6.07) is 16.1. The van der Waals surface area contributed by atoms with Gasteiger partial charge in [-0.25, -0.2) is 0 Å². The van der Waals surface area contributed by atoms with Crippen molar-refractivity contribution in [3.8, 4) is 5.75 Å². The molecule has 0 saturated carbocycles. The Bertz CT molecular complexity index is 791. The summed E-state index contributed by atoms with van der Waals surface area (Å²) >= 11 is 0. The topological polar surface area (TPSA) is 48.0 Å². The first-order valence-electron chi connectivity index (χ1n) is 7.40. The van der Waals surface area contributed by atoms with E-state index < -0.39 is 0 Å². The van der Waals surface area contributed by atoms with Gasteiger partial charge in [-0.15, -0.1) is 0 Å². The van der Waals surface area contributed by atoms with E-state index >= 15 is 0 Å². The van der Waals surface area contributed by atoms with Gasteiger partial charge in [0, 0.05) is 35.6 Å². The molecule has 0 fully saturated rings. The Morgan fingerprint density at radius 1 is 1.05 bits per heavy atom. The molecule has 4 rings (SSSR count). The van der Waals surface area contributed by atoms with Crippen LogP contribution in [0.15, 0.2) is 48.5 Å². The molecule has 0 radical (unpaired) electrons. The minimum atomic E-state index is 0.387. The van der Waals surface area contributed by atoms with Crippen molar-refractivity contribution in [3.63, 3.8) is 0 Å². The van der Waals surface area contributed by atoms with Gasteiger partial charge in [0.25, 0.3) is 0 Å². The van der Waals surface area contributed by atoms with Gasteiger partial charge in [-0.05, 0) is 29.7 Å². The summed E-state index contributed by atoms with van der Waals surface area (Å²) in [6.07, 6.45) is 0.856. The normalized spacial score (nSPS) is 17.8. The molecule has 2 heterocycles. The smallest absolute Gasteiger partial charge is 0.118 e. The quantitative estimate of drug-likeness (QED) is 0.673. The van der Waals surface area contributed by atoms with E-state index in [9.17, 15) is 5.11 Å². The summed E-state index contributed by atoms with van der Waals surface area (Å²) in [6.45, 7) is 1.84. The van der Waals surface area contributed by atoms with E-state index in [1.54, 1.807) is 6.07 Å². The van der Waals surface area contributed by atoms with Crippen LogP contribution in [0.2, 0.25) is 0 Å². The molecule has 21 heavy (non-hydrogen) atoms. The minimum Gasteiger partial charge on any atom is -0.508 e. The van der Waals surface area contributed by atoms with Crippen LogP contribution in [0.3, 0.4) is 0 Å². The molecule has 3 nitrogen and oxygen atoms in total. The third-order valence-corrected chi connectivity index (χ3v) is 4.39. The maximum atomic E-state index is 10.0. The molecule has 0 saturated heterocycles. The lowest BCUT2D eigenvalue weighted by Gasteiger charge is -2.24. The average molecular weight is 278 g/mol. The monoisotopic (exact) mass is 278 g/mol. The number of fused-ring (bicyclic) bond motifs is 3. The van der Waals surface area contributed by atoms with Gasteiger partial charge < -0.3 is 15.4 Å². The number of aromatic amines is 1. The molecule has 1 aromatic heterocycles. The Hall–Kier alpha value is -2.26. The highest BCUT2D eigenvalue weighted by Gasteiger charge is 2.25. The van der Waals surface area contributed by atoms with Gasteiger partial charge in [-0.1, -0.05) is 36.4 Å². The van der Waals surface area contributed by atoms with Gasteiger partial charge in [0.15, 0.2) is 0 Å². The van der Waals surface area contributed by atoms with E-state index in [2.05, 4.69) is 34.6 Å². The molecule has 3 N–H and O–H groups in total. The van der Waals surface area contributed by atoms with Gasteiger partial charge in [0.05, 0.1) is 0 Å². The van der Waals surface area contributed by atoms with Crippen LogP contribution in [0.5, 0.6) is 5.75 Å². The fourth-order valence-electron chi connectivity index (χ4n) is 3.42. The minimum absolute atomic E-state index is 0.387. The van der Waals surface area contributed by atoms with E-state index in [1.165, 1.54) is 22.2 Å². The molecule has 1 unspecified atom stereocenters. The Morgan fingerprint density at radius 3 is 2.76 bits per heavy atom. The highest BCUT2D eigenvalue weighted by molar-refractivity contribution is 5.85. The van der Waals surface area contributed by atoms with Gasteiger partial charge in [0.2, 0.25) is 0 Å². The lowest BCUT2D eigenvalue weighted by atomic mass is 9.87. The van der Waals surface area contributed by atoms with Crippen molar-refractivity contribution in [2.24, 2.45) is 0 Å². The number of hydrogen-bond acceptors (Lipinski definition) is 2. The van der Waals surface area contributed by atoms with E-state index in [-0.39, 0.29) is 0 Å². The molecule has 2 aromatic carbocycles. The predicted octanol–water partition coefficient (Wildman–Crippen LogP) is 3.30. The molecule has 1 aliphatic heterocycles. The van der Waals surface area contributed by atoms with Crippen molar-refractivity contribution in [1.29, 1.82) is 0 Å². The van der Waals surface area contributed by atoms with Crippen molar-refractivity contribution in [2.45, 2.75) is 18.9 Å². The van der Waals surface area contributed by atoms with Gasteiger partial charge in [-0.2, -0.15) is 0 Å². The molecule has 0 amide bonds. The Morgan fingerprint density at radius 2 is 1.86 bits per heavy atom. The fraction of sp³-hybridized carbons (Fsp3) is 0.222. The van der Waals surface area contributed by atoms with Crippen LogP contribution < -0.4 is 5.32 Å². The standard InChI is InChI=1S/C18H18N2O/c21-17-8-4-1-5-12(17)9-13-10-19-11-16-18(13)14-6-2-3-7-15(14)20-16/h1-8,13,19-21H,9-11H2. The predicted molar refractivity (Wildman–Crippen MR) is 84.6 cm³/mol. The number of aromatic hydroxyl groups is 1. The number of phenols is 1. The number of rotatable bonds is 2. The van der Waals surface area contributed by atoms with Crippen molar-refractivity contribution in [1.82, 2.24) is 10.3 Å². The van der Waals surface area contributed by atoms with Crippen LogP contribution in [0.25, 0.3) is 10.9 Å². The Balaban J connectivity index is 1.78. The summed E-state index contributed by atoms with van der Waals surface area (Å²) in [7, 11) is 0. The Kier molecular flexibility index (Phi) is 2.93. The molecule has 3 heteroatoms. The van der Waals surface area contributed by atoms with Crippen molar-refractivity contribution in [3.05, 3.63) is 65.4 Å². The van der Waals surface area contributed by atoms with Crippen LogP contribution in [0.4, 0.5) is 0 Å². The maximum absolute atomic E-state index is 10.0. The molecule has 1 aliphatic rings. The first-order chi connectivity index (χ1) is 10.3. The highest BCUT2D eigenvalue weighted by Crippen LogP contribution is 2.35. The Labute approximate surface area is 123 Å². The zero-order valence-corrected chi connectivity index (χ0v) is 11.8. The summed E-state index contributed by atoms with van der Waals surface area (Å²) < 4.78 is 0. The van der Waals surface area contributed by atoms with Crippen molar-refractivity contribution < 1.29 is 5.11 Å². The lowest BCUT2D eigenvalue weighted by molar-refractivity contribution is 0.460. The van der Waals surface area contributed by atoms with E-state index in [0.717, 1.165) is 25.1 Å². The van der Waals surface area contributed by atoms with E-state index in [1.807, 2.05) is 18.2 Å². The molecule has 0 aliphatic carbocycles. The second-order valence-electron chi connectivity index (χ2n) is 5.72. The van der Waals surface area contributed by atoms with E-state index in [4.69, 9.17) is 0 Å². The van der Waals surface area contributed by atoms with Crippen LogP contribution >= 0.6 is 0 Å². The molecule has 0 bridgehead atoms. The van der Waals surface area contributed by atoms with Crippen molar-refractivity contribution >= 4 is 10.9 Å². The zero-order valence-electron chi connectivity index (χ0n) is 11.8. The number of hydrogen-bond donors (Lipinski definition) is 3.